The monoisotopic (exact) mass is 270 g/mol. The normalized spacial score (nSPS) is 20.9. The zero-order valence-corrected chi connectivity index (χ0v) is 11.8. The summed E-state index contributed by atoms with van der Waals surface area (Å²) in [6.45, 7) is 11.2. The minimum Gasteiger partial charge on any atom is -0.480 e. The van der Waals surface area contributed by atoms with Crippen LogP contribution in [0.4, 0.5) is 0 Å². The molecule has 0 aromatic heterocycles. The van der Waals surface area contributed by atoms with E-state index in [1.165, 1.54) is 0 Å². The Labute approximate surface area is 114 Å². The summed E-state index contributed by atoms with van der Waals surface area (Å²) in [5.41, 5.74) is 0. The molecule has 6 nitrogen and oxygen atoms in total. The molecule has 2 atom stereocenters. The number of hydrogen-bond donors (Lipinski definition) is 2. The van der Waals surface area contributed by atoms with Crippen molar-refractivity contribution >= 4 is 11.9 Å². The summed E-state index contributed by atoms with van der Waals surface area (Å²) in [6, 6.07) is -1.32. The fourth-order valence-corrected chi connectivity index (χ4v) is 2.44. The Morgan fingerprint density at radius 1 is 0.895 bits per heavy atom. The van der Waals surface area contributed by atoms with Gasteiger partial charge < -0.3 is 10.2 Å². The molecule has 0 unspecified atom stereocenters. The third-order valence-electron chi connectivity index (χ3n) is 3.28. The Kier molecular flexibility index (Phi) is 5.31. The van der Waals surface area contributed by atoms with Gasteiger partial charge in [0.25, 0.3) is 0 Å². The van der Waals surface area contributed by atoms with Gasteiger partial charge in [0.05, 0.1) is 0 Å². The van der Waals surface area contributed by atoms with Crippen LogP contribution in [0.3, 0.4) is 0 Å². The van der Waals surface area contributed by atoms with Gasteiger partial charge in [-0.1, -0.05) is 27.7 Å². The van der Waals surface area contributed by atoms with Gasteiger partial charge in [0.1, 0.15) is 18.8 Å². The van der Waals surface area contributed by atoms with E-state index in [9.17, 15) is 19.8 Å². The summed E-state index contributed by atoms with van der Waals surface area (Å²) >= 11 is 0. The summed E-state index contributed by atoms with van der Waals surface area (Å²) in [5.74, 6) is -1.93. The van der Waals surface area contributed by atoms with Gasteiger partial charge in [-0.2, -0.15) is 0 Å². The molecule has 0 aromatic rings. The first-order valence-corrected chi connectivity index (χ1v) is 6.50. The lowest BCUT2D eigenvalue weighted by Gasteiger charge is -2.29. The largest absolute Gasteiger partial charge is 0.480 e. The Balaban J connectivity index is 2.76. The molecule has 0 aromatic carbocycles. The Morgan fingerprint density at radius 2 is 1.21 bits per heavy atom. The lowest BCUT2D eigenvalue weighted by molar-refractivity contribution is -0.144. The molecular formula is C13H22N2O4. The van der Waals surface area contributed by atoms with E-state index in [0.717, 1.165) is 0 Å². The molecule has 1 aliphatic rings. The van der Waals surface area contributed by atoms with Crippen LogP contribution >= 0.6 is 0 Å². The number of hydrogen-bond acceptors (Lipinski definition) is 4. The fourth-order valence-electron chi connectivity index (χ4n) is 2.44. The maximum absolute atomic E-state index is 11.3. The summed E-state index contributed by atoms with van der Waals surface area (Å²) in [4.78, 5) is 25.7. The van der Waals surface area contributed by atoms with E-state index in [1.807, 2.05) is 27.7 Å². The maximum Gasteiger partial charge on any atom is 0.321 e. The van der Waals surface area contributed by atoms with Crippen molar-refractivity contribution in [1.29, 1.82) is 0 Å². The number of carbonyl (C=O) groups is 2. The molecule has 0 spiro atoms. The van der Waals surface area contributed by atoms with Crippen LogP contribution in [-0.4, -0.2) is 57.1 Å². The van der Waals surface area contributed by atoms with Gasteiger partial charge in [-0.25, -0.2) is 0 Å². The smallest absolute Gasteiger partial charge is 0.321 e. The van der Waals surface area contributed by atoms with Crippen molar-refractivity contribution in [2.24, 2.45) is 11.8 Å². The van der Waals surface area contributed by atoms with Gasteiger partial charge in [0.2, 0.25) is 0 Å². The lowest BCUT2D eigenvalue weighted by atomic mass is 10.0. The minimum atomic E-state index is -0.902. The molecular weight excluding hydrogens is 248 g/mol. The molecule has 0 aliphatic carbocycles. The average molecular weight is 270 g/mol. The first kappa shape index (κ1) is 15.9. The minimum absolute atomic E-state index is 0.0627. The van der Waals surface area contributed by atoms with E-state index < -0.39 is 24.0 Å². The van der Waals surface area contributed by atoms with Crippen molar-refractivity contribution in [3.63, 3.8) is 0 Å². The first-order chi connectivity index (χ1) is 8.75. The second-order valence-corrected chi connectivity index (χ2v) is 5.54. The van der Waals surface area contributed by atoms with Crippen molar-refractivity contribution < 1.29 is 19.8 Å². The highest BCUT2D eigenvalue weighted by Gasteiger charge is 2.39. The topological polar surface area (TPSA) is 81.1 Å². The lowest BCUT2D eigenvalue weighted by Crippen LogP contribution is -2.45. The van der Waals surface area contributed by atoms with Gasteiger partial charge in [-0.05, 0) is 11.8 Å². The van der Waals surface area contributed by atoms with E-state index in [-0.39, 0.29) is 11.8 Å². The second kappa shape index (κ2) is 6.34. The predicted octanol–water partition coefficient (Wildman–Crippen LogP) is 0.819. The Morgan fingerprint density at radius 3 is 1.42 bits per heavy atom. The molecule has 1 rings (SSSR count). The number of carboxylic acids is 2. The van der Waals surface area contributed by atoms with Crippen molar-refractivity contribution in [1.82, 2.24) is 9.80 Å². The van der Waals surface area contributed by atoms with Gasteiger partial charge >= 0.3 is 11.9 Å². The van der Waals surface area contributed by atoms with Crippen LogP contribution in [0, 0.1) is 18.5 Å². The van der Waals surface area contributed by atoms with Gasteiger partial charge in [0.15, 0.2) is 0 Å². The molecule has 1 saturated heterocycles. The van der Waals surface area contributed by atoms with Crippen LogP contribution in [0.1, 0.15) is 27.7 Å². The highest BCUT2D eigenvalue weighted by molar-refractivity contribution is 5.75. The van der Waals surface area contributed by atoms with E-state index in [4.69, 9.17) is 0 Å². The number of carboxylic acid groups (broad SMARTS) is 2. The van der Waals surface area contributed by atoms with Crippen molar-refractivity contribution in [3.8, 4) is 0 Å². The molecule has 1 aliphatic heterocycles. The highest BCUT2D eigenvalue weighted by Crippen LogP contribution is 2.23. The Bertz CT molecular complexity index is 312. The zero-order chi connectivity index (χ0) is 14.7. The second-order valence-electron chi connectivity index (χ2n) is 5.54. The van der Waals surface area contributed by atoms with Crippen LogP contribution < -0.4 is 0 Å². The molecule has 6 heteroatoms. The molecule has 1 heterocycles. The van der Waals surface area contributed by atoms with Crippen LogP contribution in [0.2, 0.25) is 0 Å². The molecule has 1 fully saturated rings. The van der Waals surface area contributed by atoms with Crippen molar-refractivity contribution in [2.75, 3.05) is 13.1 Å². The predicted molar refractivity (Wildman–Crippen MR) is 69.2 cm³/mol. The maximum atomic E-state index is 11.3. The van der Waals surface area contributed by atoms with Gasteiger partial charge in [-0.15, -0.1) is 0 Å². The van der Waals surface area contributed by atoms with E-state index >= 15 is 0 Å². The zero-order valence-electron chi connectivity index (χ0n) is 11.8. The van der Waals surface area contributed by atoms with Crippen molar-refractivity contribution in [2.45, 2.75) is 39.8 Å². The van der Waals surface area contributed by atoms with Gasteiger partial charge in [-0.3, -0.25) is 19.4 Å². The molecule has 2 radical (unpaired) electrons. The number of aliphatic carboxylic acids is 2. The number of rotatable bonds is 6. The molecule has 0 bridgehead atoms. The summed E-state index contributed by atoms with van der Waals surface area (Å²) in [7, 11) is 0. The highest BCUT2D eigenvalue weighted by atomic mass is 16.4. The van der Waals surface area contributed by atoms with Crippen LogP contribution in [-0.2, 0) is 9.59 Å². The standard InChI is InChI=1S/C13H22N2O4/c1-8(2)10(12(16)17)14-5-6-15(7-14)11(9(3)4)13(18)19/h8-11H,5-6H2,1-4H3,(H,16,17)(H,18,19)/t10-,11-/m0/s1. The van der Waals surface area contributed by atoms with Crippen LogP contribution in [0.5, 0.6) is 0 Å². The Hall–Kier alpha value is -1.14. The fraction of sp³-hybridized carbons (Fsp3) is 0.769. The van der Waals surface area contributed by atoms with Crippen LogP contribution in [0.15, 0.2) is 0 Å². The summed E-state index contributed by atoms with van der Waals surface area (Å²) in [5, 5.41) is 18.5. The third-order valence-corrected chi connectivity index (χ3v) is 3.28. The molecule has 108 valence electrons. The van der Waals surface area contributed by atoms with Crippen LogP contribution in [0.25, 0.3) is 0 Å². The number of nitrogens with zero attached hydrogens (tertiary/aromatic N) is 2. The van der Waals surface area contributed by atoms with Gasteiger partial charge in [0, 0.05) is 13.1 Å². The third kappa shape index (κ3) is 3.67. The van der Waals surface area contributed by atoms with Crippen molar-refractivity contribution in [3.05, 3.63) is 6.67 Å². The molecule has 2 N–H and O–H groups in total. The van der Waals surface area contributed by atoms with E-state index in [2.05, 4.69) is 6.67 Å². The van der Waals surface area contributed by atoms with E-state index in [0.29, 0.717) is 13.1 Å². The first-order valence-electron chi connectivity index (χ1n) is 6.50. The quantitative estimate of drug-likeness (QED) is 0.743. The average Bonchev–Trinajstić information content (AvgIpc) is 2.64. The summed E-state index contributed by atoms with van der Waals surface area (Å²) in [6.07, 6.45) is 0. The van der Waals surface area contributed by atoms with E-state index in [1.54, 1.807) is 9.80 Å². The molecule has 19 heavy (non-hydrogen) atoms. The molecule has 0 saturated carbocycles. The SMILES string of the molecule is CC(C)[C@@H](C(=O)O)N1[C]N([C@H](C(=O)O)C(C)C)CC1. The summed E-state index contributed by atoms with van der Waals surface area (Å²) < 4.78 is 0. The molecule has 0 amide bonds.